The summed E-state index contributed by atoms with van der Waals surface area (Å²) in [5.41, 5.74) is 4.36. The third-order valence-electron chi connectivity index (χ3n) is 5.84. The smallest absolute Gasteiger partial charge is 0.256 e. The van der Waals surface area contributed by atoms with E-state index in [0.717, 1.165) is 29.0 Å². The number of methoxy groups -OCH3 is 1. The van der Waals surface area contributed by atoms with Crippen LogP contribution in [0.3, 0.4) is 0 Å². The molecule has 1 amide bonds. The number of ether oxygens (including phenoxy) is 1. The number of allylic oxidation sites excluding steroid dienone is 1. The van der Waals surface area contributed by atoms with E-state index in [-0.39, 0.29) is 16.9 Å². The van der Waals surface area contributed by atoms with E-state index in [4.69, 9.17) is 4.74 Å². The van der Waals surface area contributed by atoms with Crippen molar-refractivity contribution in [1.29, 1.82) is 0 Å². The fourth-order valence-electron chi connectivity index (χ4n) is 4.16. The molecule has 6 heteroatoms. The van der Waals surface area contributed by atoms with Crippen LogP contribution in [0.25, 0.3) is 5.70 Å². The summed E-state index contributed by atoms with van der Waals surface area (Å²) in [6, 6.07) is 16.7. The molecule has 5 nitrogen and oxygen atoms in total. The van der Waals surface area contributed by atoms with Crippen LogP contribution in [-0.4, -0.2) is 24.3 Å². The predicted molar refractivity (Wildman–Crippen MR) is 132 cm³/mol. The zero-order valence-corrected chi connectivity index (χ0v) is 19.7. The Morgan fingerprint density at radius 2 is 1.88 bits per heavy atom. The van der Waals surface area contributed by atoms with Crippen LogP contribution < -0.4 is 15.4 Å². The molecule has 0 atom stereocenters. The summed E-state index contributed by atoms with van der Waals surface area (Å²) in [5.74, 6) is -0.397. The zero-order chi connectivity index (χ0) is 24.5. The molecule has 34 heavy (non-hydrogen) atoms. The number of carbonyl (C=O) groups excluding carboxylic acids is 2. The number of hydrogen-bond acceptors (Lipinski definition) is 4. The Morgan fingerprint density at radius 3 is 2.65 bits per heavy atom. The highest BCUT2D eigenvalue weighted by atomic mass is 19.1. The summed E-state index contributed by atoms with van der Waals surface area (Å²) in [6.45, 7) is 5.91. The van der Waals surface area contributed by atoms with Crippen molar-refractivity contribution in [2.45, 2.75) is 32.7 Å². The molecule has 3 aromatic carbocycles. The highest BCUT2D eigenvalue weighted by Gasteiger charge is 2.28. The number of carbonyl (C=O) groups is 2. The van der Waals surface area contributed by atoms with Crippen molar-refractivity contribution in [1.82, 2.24) is 5.32 Å². The van der Waals surface area contributed by atoms with Crippen LogP contribution >= 0.6 is 0 Å². The average molecular weight is 459 g/mol. The summed E-state index contributed by atoms with van der Waals surface area (Å²) >= 11 is 0. The van der Waals surface area contributed by atoms with Crippen molar-refractivity contribution >= 4 is 23.1 Å². The van der Waals surface area contributed by atoms with Crippen LogP contribution in [0.5, 0.6) is 5.75 Å². The molecular formula is C28H27FN2O3. The van der Waals surface area contributed by atoms with Crippen LogP contribution in [0.1, 0.15) is 51.3 Å². The molecule has 0 saturated carbocycles. The Morgan fingerprint density at radius 1 is 1.09 bits per heavy atom. The van der Waals surface area contributed by atoms with Crippen LogP contribution in [0.15, 0.2) is 66.7 Å². The van der Waals surface area contributed by atoms with Crippen LogP contribution in [0, 0.1) is 12.7 Å². The molecule has 3 aromatic rings. The first-order valence-electron chi connectivity index (χ1n) is 11.0. The highest BCUT2D eigenvalue weighted by molar-refractivity contribution is 6.10. The molecule has 4 rings (SSSR count). The Bertz CT molecular complexity index is 1310. The van der Waals surface area contributed by atoms with E-state index in [9.17, 15) is 14.0 Å². The molecule has 0 fully saturated rings. The number of ketones is 1. The predicted octanol–water partition coefficient (Wildman–Crippen LogP) is 5.54. The summed E-state index contributed by atoms with van der Waals surface area (Å²) < 4.78 is 19.0. The van der Waals surface area contributed by atoms with Gasteiger partial charge in [0.1, 0.15) is 11.6 Å². The number of aryl methyl sites for hydroxylation is 1. The Balaban J connectivity index is 1.61. The molecule has 0 bridgehead atoms. The van der Waals surface area contributed by atoms with E-state index in [1.807, 2.05) is 18.2 Å². The molecular weight excluding hydrogens is 431 g/mol. The van der Waals surface area contributed by atoms with Crippen molar-refractivity contribution in [2.75, 3.05) is 12.4 Å². The van der Waals surface area contributed by atoms with Gasteiger partial charge in [-0.15, -0.1) is 0 Å². The van der Waals surface area contributed by atoms with E-state index >= 15 is 0 Å². The summed E-state index contributed by atoms with van der Waals surface area (Å²) in [7, 11) is 1.61. The minimum atomic E-state index is -0.480. The number of hydrogen-bond donors (Lipinski definition) is 2. The maximum Gasteiger partial charge on any atom is 0.256 e. The second-order valence-electron chi connectivity index (χ2n) is 9.13. The van der Waals surface area contributed by atoms with Gasteiger partial charge in [0.15, 0.2) is 5.78 Å². The minimum Gasteiger partial charge on any atom is -0.497 e. The van der Waals surface area contributed by atoms with Gasteiger partial charge in [-0.05, 0) is 74.7 Å². The van der Waals surface area contributed by atoms with E-state index in [1.165, 1.54) is 12.1 Å². The lowest BCUT2D eigenvalue weighted by molar-refractivity contribution is 0.102. The van der Waals surface area contributed by atoms with E-state index in [2.05, 4.69) is 24.5 Å². The molecule has 0 saturated heterocycles. The van der Waals surface area contributed by atoms with Crippen molar-refractivity contribution in [3.05, 3.63) is 100 Å². The third kappa shape index (κ3) is 5.01. The lowest BCUT2D eigenvalue weighted by Crippen LogP contribution is -2.43. The van der Waals surface area contributed by atoms with Crippen molar-refractivity contribution in [3.63, 3.8) is 0 Å². The van der Waals surface area contributed by atoms with Crippen molar-refractivity contribution < 1.29 is 18.7 Å². The van der Waals surface area contributed by atoms with Gasteiger partial charge in [0.05, 0.1) is 7.11 Å². The molecule has 174 valence electrons. The molecule has 0 spiro atoms. The Labute approximate surface area is 198 Å². The van der Waals surface area contributed by atoms with Crippen molar-refractivity contribution in [2.24, 2.45) is 0 Å². The standard InChI is InChI=1S/C28H27FN2O3/c1-17-8-10-20(29)13-23(17)27(33)30-21-7-5-6-18(12-21)26(32)15-25-24-14-22(34-4)11-9-19(24)16-28(2,3)31-25/h5-15,31H,16H2,1-4H3,(H,30,33)/b25-15-. The first-order chi connectivity index (χ1) is 16.1. The normalized spacial score (nSPS) is 15.3. The number of amides is 1. The van der Waals surface area contributed by atoms with Gasteiger partial charge < -0.3 is 15.4 Å². The third-order valence-corrected chi connectivity index (χ3v) is 5.84. The topological polar surface area (TPSA) is 67.4 Å². The Hall–Kier alpha value is -3.93. The Kier molecular flexibility index (Phi) is 6.24. The number of nitrogens with one attached hydrogen (secondary N) is 2. The minimum absolute atomic E-state index is 0.202. The van der Waals surface area contributed by atoms with Crippen LogP contribution in [-0.2, 0) is 6.42 Å². The molecule has 1 heterocycles. The maximum atomic E-state index is 13.6. The molecule has 0 aliphatic carbocycles. The van der Waals surface area contributed by atoms with Gasteiger partial charge in [0, 0.05) is 39.7 Å². The van der Waals surface area contributed by atoms with Gasteiger partial charge in [-0.3, -0.25) is 9.59 Å². The van der Waals surface area contributed by atoms with Gasteiger partial charge in [-0.2, -0.15) is 0 Å². The first-order valence-corrected chi connectivity index (χ1v) is 11.0. The van der Waals surface area contributed by atoms with Gasteiger partial charge in [0.2, 0.25) is 0 Å². The van der Waals surface area contributed by atoms with Gasteiger partial charge in [0.25, 0.3) is 5.91 Å². The van der Waals surface area contributed by atoms with Gasteiger partial charge in [-0.1, -0.05) is 24.3 Å². The molecule has 0 unspecified atom stereocenters. The summed E-state index contributed by atoms with van der Waals surface area (Å²) in [6.07, 6.45) is 2.40. The van der Waals surface area contributed by atoms with E-state index < -0.39 is 11.7 Å². The van der Waals surface area contributed by atoms with E-state index in [1.54, 1.807) is 50.4 Å². The fraction of sp³-hybridized carbons (Fsp3) is 0.214. The average Bonchev–Trinajstić information content (AvgIpc) is 2.79. The molecule has 1 aliphatic rings. The molecule has 0 radical (unpaired) electrons. The second-order valence-corrected chi connectivity index (χ2v) is 9.13. The molecule has 0 aromatic heterocycles. The quantitative estimate of drug-likeness (QED) is 0.389. The maximum absolute atomic E-state index is 13.6. The SMILES string of the molecule is COc1ccc2c(c1)/C(=C/C(=O)c1cccc(NC(=O)c3cc(F)ccc3C)c1)NC(C)(C)C2. The van der Waals surface area contributed by atoms with Crippen LogP contribution in [0.2, 0.25) is 0 Å². The monoisotopic (exact) mass is 458 g/mol. The van der Waals surface area contributed by atoms with Crippen LogP contribution in [0.4, 0.5) is 10.1 Å². The highest BCUT2D eigenvalue weighted by Crippen LogP contribution is 2.32. The molecule has 2 N–H and O–H groups in total. The van der Waals surface area contributed by atoms with Crippen molar-refractivity contribution in [3.8, 4) is 5.75 Å². The summed E-state index contributed by atoms with van der Waals surface area (Å²) in [5, 5.41) is 6.22. The molecule has 1 aliphatic heterocycles. The van der Waals surface area contributed by atoms with Gasteiger partial charge >= 0.3 is 0 Å². The van der Waals surface area contributed by atoms with Gasteiger partial charge in [-0.25, -0.2) is 4.39 Å². The lowest BCUT2D eigenvalue weighted by atomic mass is 9.85. The summed E-state index contributed by atoms with van der Waals surface area (Å²) in [4.78, 5) is 25.8. The number of fused-ring (bicyclic) bond motifs is 1. The number of anilines is 1. The fourth-order valence-corrected chi connectivity index (χ4v) is 4.16. The number of benzene rings is 3. The lowest BCUT2D eigenvalue weighted by Gasteiger charge is -2.35. The number of rotatable bonds is 5. The second kappa shape index (κ2) is 9.14. The largest absolute Gasteiger partial charge is 0.497 e. The number of halogens is 1. The zero-order valence-electron chi connectivity index (χ0n) is 19.7. The first kappa shape index (κ1) is 23.2. The van der Waals surface area contributed by atoms with E-state index in [0.29, 0.717) is 16.8 Å².